The van der Waals surface area contributed by atoms with Crippen molar-refractivity contribution in [3.63, 3.8) is 0 Å². The van der Waals surface area contributed by atoms with Crippen LogP contribution in [0.25, 0.3) is 0 Å². The Hall–Kier alpha value is -2.45. The van der Waals surface area contributed by atoms with Crippen LogP contribution in [0.3, 0.4) is 0 Å². The average molecular weight is 442 g/mol. The molecule has 5 rings (SSSR count). The molecule has 8 heteroatoms. The van der Waals surface area contributed by atoms with E-state index in [0.717, 1.165) is 56.5 Å². The highest BCUT2D eigenvalue weighted by Crippen LogP contribution is 2.34. The Kier molecular flexibility index (Phi) is 5.45. The van der Waals surface area contributed by atoms with Gasteiger partial charge in [-0.2, -0.15) is 0 Å². The molecular formula is C24H31N3O5. The van der Waals surface area contributed by atoms with Gasteiger partial charge in [0, 0.05) is 37.7 Å². The zero-order valence-corrected chi connectivity index (χ0v) is 18.5. The number of ether oxygens (including phenoxy) is 1. The van der Waals surface area contributed by atoms with Crippen LogP contribution in [-0.2, 0) is 16.1 Å². The predicted molar refractivity (Wildman–Crippen MR) is 116 cm³/mol. The van der Waals surface area contributed by atoms with Gasteiger partial charge >= 0.3 is 0 Å². The van der Waals surface area contributed by atoms with Crippen LogP contribution in [-0.4, -0.2) is 69.5 Å². The van der Waals surface area contributed by atoms with Crippen molar-refractivity contribution >= 4 is 17.7 Å². The molecule has 0 radical (unpaired) electrons. The molecule has 2 saturated heterocycles. The van der Waals surface area contributed by atoms with E-state index in [9.17, 15) is 19.5 Å². The van der Waals surface area contributed by atoms with E-state index in [1.165, 1.54) is 0 Å². The summed E-state index contributed by atoms with van der Waals surface area (Å²) >= 11 is 0. The first-order valence-corrected chi connectivity index (χ1v) is 11.7. The van der Waals surface area contributed by atoms with Crippen molar-refractivity contribution in [1.29, 1.82) is 0 Å². The van der Waals surface area contributed by atoms with Gasteiger partial charge in [-0.3, -0.25) is 24.6 Å². The predicted octanol–water partition coefficient (Wildman–Crippen LogP) is 1.59. The van der Waals surface area contributed by atoms with E-state index in [0.29, 0.717) is 24.6 Å². The first-order chi connectivity index (χ1) is 15.3. The summed E-state index contributed by atoms with van der Waals surface area (Å²) in [6, 6.07) is 5.31. The molecule has 3 heterocycles. The van der Waals surface area contributed by atoms with Crippen LogP contribution in [0.15, 0.2) is 18.2 Å². The number of amides is 3. The highest BCUT2D eigenvalue weighted by Gasteiger charge is 2.40. The molecule has 1 aromatic carbocycles. The van der Waals surface area contributed by atoms with E-state index < -0.39 is 17.6 Å². The second kappa shape index (κ2) is 8.15. The van der Waals surface area contributed by atoms with Gasteiger partial charge in [0.05, 0.1) is 5.60 Å². The number of fused-ring (bicyclic) bond motifs is 1. The molecule has 1 saturated carbocycles. The smallest absolute Gasteiger partial charge is 0.255 e. The first kappa shape index (κ1) is 21.4. The number of imide groups is 1. The molecule has 1 aromatic rings. The SMILES string of the molecule is CC1(O)CCN([C@@H]2CCC[C@@H]2Oc2ccc3c(c2)CN(C2CCC(=O)NC2=O)C3=O)CC1. The largest absolute Gasteiger partial charge is 0.489 e. The number of nitrogens with one attached hydrogen (secondary N) is 1. The van der Waals surface area contributed by atoms with E-state index in [-0.39, 0.29) is 24.3 Å². The lowest BCUT2D eigenvalue weighted by atomic mass is 9.92. The van der Waals surface area contributed by atoms with Gasteiger partial charge in [-0.05, 0) is 69.2 Å². The lowest BCUT2D eigenvalue weighted by Crippen LogP contribution is -2.52. The summed E-state index contributed by atoms with van der Waals surface area (Å²) in [5.74, 6) is -0.0922. The molecule has 0 aromatic heterocycles. The van der Waals surface area contributed by atoms with E-state index in [1.54, 1.807) is 11.0 Å². The summed E-state index contributed by atoms with van der Waals surface area (Å²) in [4.78, 5) is 40.6. The minimum atomic E-state index is -0.604. The summed E-state index contributed by atoms with van der Waals surface area (Å²) in [6.07, 6.45) is 5.49. The van der Waals surface area contributed by atoms with Gasteiger partial charge in [-0.25, -0.2) is 0 Å². The minimum absolute atomic E-state index is 0.0967. The third-order valence-corrected chi connectivity index (χ3v) is 7.54. The summed E-state index contributed by atoms with van der Waals surface area (Å²) < 4.78 is 6.41. The monoisotopic (exact) mass is 441 g/mol. The van der Waals surface area contributed by atoms with E-state index in [1.807, 2.05) is 19.1 Å². The van der Waals surface area contributed by atoms with Crippen LogP contribution in [0.1, 0.15) is 67.8 Å². The Labute approximate surface area is 187 Å². The molecule has 0 spiro atoms. The molecule has 3 atom stereocenters. The Morgan fingerprint density at radius 2 is 1.91 bits per heavy atom. The highest BCUT2D eigenvalue weighted by molar-refractivity contribution is 6.05. The number of benzene rings is 1. The molecule has 3 amide bonds. The molecular weight excluding hydrogens is 410 g/mol. The Balaban J connectivity index is 1.26. The number of carbonyl (C=O) groups is 3. The van der Waals surface area contributed by atoms with Crippen molar-refractivity contribution in [3.05, 3.63) is 29.3 Å². The van der Waals surface area contributed by atoms with E-state index in [2.05, 4.69) is 10.2 Å². The molecule has 4 aliphatic rings. The summed E-state index contributed by atoms with van der Waals surface area (Å²) in [7, 11) is 0. The molecule has 2 N–H and O–H groups in total. The van der Waals surface area contributed by atoms with Gasteiger partial charge in [-0.15, -0.1) is 0 Å². The normalized spacial score (nSPS) is 30.4. The molecule has 1 unspecified atom stereocenters. The Morgan fingerprint density at radius 1 is 1.12 bits per heavy atom. The molecule has 0 bridgehead atoms. The zero-order chi connectivity index (χ0) is 22.5. The van der Waals surface area contributed by atoms with Gasteiger partial charge in [0.15, 0.2) is 0 Å². The van der Waals surface area contributed by atoms with Crippen LogP contribution in [0, 0.1) is 0 Å². The first-order valence-electron chi connectivity index (χ1n) is 11.7. The maximum atomic E-state index is 12.9. The summed E-state index contributed by atoms with van der Waals surface area (Å²) in [5.41, 5.74) is 0.899. The number of piperidine rings is 2. The fourth-order valence-electron chi connectivity index (χ4n) is 5.60. The van der Waals surface area contributed by atoms with Crippen molar-refractivity contribution in [3.8, 4) is 5.75 Å². The molecule has 3 fully saturated rings. The van der Waals surface area contributed by atoms with Crippen LogP contribution in [0.4, 0.5) is 0 Å². The average Bonchev–Trinajstić information content (AvgIpc) is 3.33. The van der Waals surface area contributed by atoms with Gasteiger partial charge < -0.3 is 14.7 Å². The fraction of sp³-hybridized carbons (Fsp3) is 0.625. The lowest BCUT2D eigenvalue weighted by Gasteiger charge is -2.40. The Morgan fingerprint density at radius 3 is 2.66 bits per heavy atom. The van der Waals surface area contributed by atoms with Crippen molar-refractivity contribution in [2.75, 3.05) is 13.1 Å². The molecule has 1 aliphatic carbocycles. The number of likely N-dealkylation sites (tertiary alicyclic amines) is 1. The second-order valence-electron chi connectivity index (χ2n) is 9.91. The fourth-order valence-corrected chi connectivity index (χ4v) is 5.60. The number of carbonyl (C=O) groups excluding carboxylic acids is 3. The van der Waals surface area contributed by atoms with Crippen LogP contribution >= 0.6 is 0 Å². The summed E-state index contributed by atoms with van der Waals surface area (Å²) in [5, 5.41) is 12.6. The zero-order valence-electron chi connectivity index (χ0n) is 18.5. The topological polar surface area (TPSA) is 99.2 Å². The molecule has 32 heavy (non-hydrogen) atoms. The standard InChI is InChI=1S/C24H31N3O5/c1-24(31)9-11-26(12-10-24)18-3-2-4-20(18)32-16-5-6-17-15(13-16)14-27(23(17)30)19-7-8-21(28)25-22(19)29/h5-6,13,18-20,31H,2-4,7-12,14H2,1H3,(H,25,28,29)/t18-,19?,20+/m1/s1. The maximum absolute atomic E-state index is 12.9. The summed E-state index contributed by atoms with van der Waals surface area (Å²) in [6.45, 7) is 4.04. The van der Waals surface area contributed by atoms with Crippen LogP contribution < -0.4 is 10.1 Å². The van der Waals surface area contributed by atoms with Gasteiger partial charge in [0.2, 0.25) is 11.8 Å². The Bertz CT molecular complexity index is 936. The van der Waals surface area contributed by atoms with E-state index >= 15 is 0 Å². The maximum Gasteiger partial charge on any atom is 0.255 e. The highest BCUT2D eigenvalue weighted by atomic mass is 16.5. The molecule has 3 aliphatic heterocycles. The minimum Gasteiger partial charge on any atom is -0.489 e. The van der Waals surface area contributed by atoms with Gasteiger partial charge in [0.1, 0.15) is 17.9 Å². The van der Waals surface area contributed by atoms with Gasteiger partial charge in [-0.1, -0.05) is 0 Å². The number of hydrogen-bond donors (Lipinski definition) is 2. The van der Waals surface area contributed by atoms with Crippen LogP contribution in [0.2, 0.25) is 0 Å². The lowest BCUT2D eigenvalue weighted by molar-refractivity contribution is -0.136. The number of aliphatic hydroxyl groups is 1. The van der Waals surface area contributed by atoms with Gasteiger partial charge in [0.25, 0.3) is 5.91 Å². The van der Waals surface area contributed by atoms with Crippen molar-refractivity contribution in [2.24, 2.45) is 0 Å². The van der Waals surface area contributed by atoms with Crippen molar-refractivity contribution < 1.29 is 24.2 Å². The number of rotatable bonds is 4. The molecule has 172 valence electrons. The van der Waals surface area contributed by atoms with Crippen molar-refractivity contribution in [1.82, 2.24) is 15.1 Å². The third kappa shape index (κ3) is 4.01. The van der Waals surface area contributed by atoms with Crippen LogP contribution in [0.5, 0.6) is 5.75 Å². The quantitative estimate of drug-likeness (QED) is 0.689. The van der Waals surface area contributed by atoms with Crippen molar-refractivity contribution in [2.45, 2.75) is 82.2 Å². The third-order valence-electron chi connectivity index (χ3n) is 7.54. The number of hydrogen-bond acceptors (Lipinski definition) is 6. The van der Waals surface area contributed by atoms with E-state index in [4.69, 9.17) is 4.74 Å². The number of nitrogens with zero attached hydrogens (tertiary/aromatic N) is 2. The second-order valence-corrected chi connectivity index (χ2v) is 9.91. The molecule has 8 nitrogen and oxygen atoms in total.